The first-order valence-electron chi connectivity index (χ1n) is 7.62. The Bertz CT molecular complexity index is 650. The Morgan fingerprint density at radius 3 is 2.77 bits per heavy atom. The molecule has 3 rings (SSSR count). The SMILES string of the molecule is NCC1CCCC1NC(=O)c1c[nH]cc1-c1ccc(F)cc1. The Hall–Kier alpha value is -2.14. The summed E-state index contributed by atoms with van der Waals surface area (Å²) in [5, 5.41) is 3.09. The zero-order valence-corrected chi connectivity index (χ0v) is 12.3. The van der Waals surface area contributed by atoms with E-state index in [2.05, 4.69) is 10.3 Å². The van der Waals surface area contributed by atoms with E-state index in [1.54, 1.807) is 24.5 Å². The number of hydrogen-bond donors (Lipinski definition) is 3. The maximum atomic E-state index is 13.0. The smallest absolute Gasteiger partial charge is 0.253 e. The third-order valence-corrected chi connectivity index (χ3v) is 4.42. The highest BCUT2D eigenvalue weighted by molar-refractivity contribution is 6.00. The third kappa shape index (κ3) is 2.90. The maximum absolute atomic E-state index is 13.0. The summed E-state index contributed by atoms with van der Waals surface area (Å²) in [6, 6.07) is 6.28. The summed E-state index contributed by atoms with van der Waals surface area (Å²) in [4.78, 5) is 15.5. The second-order valence-electron chi connectivity index (χ2n) is 5.80. The van der Waals surface area contributed by atoms with Gasteiger partial charge in [0.25, 0.3) is 5.91 Å². The molecule has 4 N–H and O–H groups in total. The second kappa shape index (κ2) is 6.32. The molecule has 1 aliphatic carbocycles. The molecule has 2 atom stereocenters. The van der Waals surface area contributed by atoms with Crippen molar-refractivity contribution in [3.63, 3.8) is 0 Å². The fourth-order valence-electron chi connectivity index (χ4n) is 3.18. The fraction of sp³-hybridized carbons (Fsp3) is 0.353. The number of H-pyrrole nitrogens is 1. The number of nitrogens with two attached hydrogens (primary N) is 1. The van der Waals surface area contributed by atoms with Gasteiger partial charge in [0.15, 0.2) is 0 Å². The molecule has 1 saturated carbocycles. The van der Waals surface area contributed by atoms with Crippen molar-refractivity contribution in [1.82, 2.24) is 10.3 Å². The lowest BCUT2D eigenvalue weighted by molar-refractivity contribution is 0.0929. The summed E-state index contributed by atoms with van der Waals surface area (Å²) in [6.07, 6.45) is 6.59. The molecule has 0 aliphatic heterocycles. The van der Waals surface area contributed by atoms with Crippen LogP contribution in [0.5, 0.6) is 0 Å². The van der Waals surface area contributed by atoms with Gasteiger partial charge >= 0.3 is 0 Å². The van der Waals surface area contributed by atoms with E-state index in [9.17, 15) is 9.18 Å². The number of amides is 1. The zero-order chi connectivity index (χ0) is 15.5. The van der Waals surface area contributed by atoms with E-state index in [1.807, 2.05) is 0 Å². The molecule has 5 heteroatoms. The molecule has 1 aromatic heterocycles. The average molecular weight is 301 g/mol. The van der Waals surface area contributed by atoms with Gasteiger partial charge in [-0.3, -0.25) is 4.79 Å². The molecule has 2 unspecified atom stereocenters. The lowest BCUT2D eigenvalue weighted by atomic mass is 10.0. The highest BCUT2D eigenvalue weighted by Gasteiger charge is 2.28. The first-order chi connectivity index (χ1) is 10.7. The van der Waals surface area contributed by atoms with Crippen molar-refractivity contribution in [2.24, 2.45) is 11.7 Å². The Balaban J connectivity index is 1.79. The molecular weight excluding hydrogens is 281 g/mol. The Morgan fingerprint density at radius 2 is 2.05 bits per heavy atom. The van der Waals surface area contributed by atoms with Crippen molar-refractivity contribution in [2.75, 3.05) is 6.54 Å². The van der Waals surface area contributed by atoms with E-state index in [4.69, 9.17) is 5.73 Å². The Labute approximate surface area is 128 Å². The predicted molar refractivity (Wildman–Crippen MR) is 83.8 cm³/mol. The molecule has 4 nitrogen and oxygen atoms in total. The number of aromatic amines is 1. The molecule has 0 radical (unpaired) electrons. The summed E-state index contributed by atoms with van der Waals surface area (Å²) in [7, 11) is 0. The average Bonchev–Trinajstić information content (AvgIpc) is 3.16. The molecule has 1 fully saturated rings. The van der Waals surface area contributed by atoms with Crippen molar-refractivity contribution < 1.29 is 9.18 Å². The van der Waals surface area contributed by atoms with Crippen LogP contribution in [0, 0.1) is 11.7 Å². The van der Waals surface area contributed by atoms with Crippen molar-refractivity contribution in [2.45, 2.75) is 25.3 Å². The minimum absolute atomic E-state index is 0.106. The highest BCUT2D eigenvalue weighted by atomic mass is 19.1. The monoisotopic (exact) mass is 301 g/mol. The number of benzene rings is 1. The van der Waals surface area contributed by atoms with Crippen molar-refractivity contribution in [1.29, 1.82) is 0 Å². The molecule has 0 saturated heterocycles. The number of hydrogen-bond acceptors (Lipinski definition) is 2. The van der Waals surface area contributed by atoms with Gasteiger partial charge in [-0.05, 0) is 43.0 Å². The second-order valence-corrected chi connectivity index (χ2v) is 5.80. The number of carbonyl (C=O) groups excluding carboxylic acids is 1. The van der Waals surface area contributed by atoms with Crippen LogP contribution in [0.15, 0.2) is 36.7 Å². The van der Waals surface area contributed by atoms with Crippen LogP contribution in [0.4, 0.5) is 4.39 Å². The summed E-state index contributed by atoms with van der Waals surface area (Å²) in [5.74, 6) is -0.0369. The van der Waals surface area contributed by atoms with Crippen LogP contribution in [-0.2, 0) is 0 Å². The molecule has 116 valence electrons. The molecule has 0 bridgehead atoms. The van der Waals surface area contributed by atoms with Crippen LogP contribution in [0.25, 0.3) is 11.1 Å². The van der Waals surface area contributed by atoms with Crippen molar-refractivity contribution in [3.8, 4) is 11.1 Å². The van der Waals surface area contributed by atoms with E-state index in [0.29, 0.717) is 18.0 Å². The molecule has 1 amide bonds. The van der Waals surface area contributed by atoms with Crippen LogP contribution >= 0.6 is 0 Å². The maximum Gasteiger partial charge on any atom is 0.253 e. The number of rotatable bonds is 4. The van der Waals surface area contributed by atoms with E-state index >= 15 is 0 Å². The van der Waals surface area contributed by atoms with Gasteiger partial charge in [0.05, 0.1) is 5.56 Å². The summed E-state index contributed by atoms with van der Waals surface area (Å²) in [6.45, 7) is 0.600. The largest absolute Gasteiger partial charge is 0.366 e. The molecule has 0 spiro atoms. The number of nitrogens with one attached hydrogen (secondary N) is 2. The quantitative estimate of drug-likeness (QED) is 0.812. The van der Waals surface area contributed by atoms with Gasteiger partial charge in [0.2, 0.25) is 0 Å². The van der Waals surface area contributed by atoms with Crippen molar-refractivity contribution >= 4 is 5.91 Å². The normalized spacial score (nSPS) is 21.0. The van der Waals surface area contributed by atoms with Gasteiger partial charge in [0.1, 0.15) is 5.82 Å². The van der Waals surface area contributed by atoms with Gasteiger partial charge in [-0.2, -0.15) is 0 Å². The van der Waals surface area contributed by atoms with Gasteiger partial charge in [-0.1, -0.05) is 18.6 Å². The van der Waals surface area contributed by atoms with E-state index in [-0.39, 0.29) is 17.8 Å². The van der Waals surface area contributed by atoms with E-state index in [1.165, 1.54) is 12.1 Å². The van der Waals surface area contributed by atoms with Gasteiger partial charge < -0.3 is 16.0 Å². The van der Waals surface area contributed by atoms with Gasteiger partial charge in [-0.25, -0.2) is 4.39 Å². The van der Waals surface area contributed by atoms with E-state index < -0.39 is 0 Å². The predicted octanol–water partition coefficient (Wildman–Crippen LogP) is 2.68. The minimum Gasteiger partial charge on any atom is -0.366 e. The molecule has 2 aromatic rings. The fourth-order valence-corrected chi connectivity index (χ4v) is 3.18. The Morgan fingerprint density at radius 1 is 1.27 bits per heavy atom. The molecule has 1 heterocycles. The summed E-state index contributed by atoms with van der Waals surface area (Å²) in [5.41, 5.74) is 7.93. The van der Waals surface area contributed by atoms with Gasteiger partial charge in [0, 0.05) is 24.0 Å². The standard InChI is InChI=1S/C17H20FN3O/c18-13-6-4-11(5-7-13)14-9-20-10-15(14)17(22)21-16-3-1-2-12(16)8-19/h4-7,9-10,12,16,20H,1-3,8,19H2,(H,21,22). The van der Waals surface area contributed by atoms with Crippen LogP contribution in [0.2, 0.25) is 0 Å². The topological polar surface area (TPSA) is 70.9 Å². The van der Waals surface area contributed by atoms with Crippen LogP contribution in [0.1, 0.15) is 29.6 Å². The Kier molecular flexibility index (Phi) is 4.24. The molecular formula is C17H20FN3O. The lowest BCUT2D eigenvalue weighted by Crippen LogP contribution is -2.39. The first-order valence-corrected chi connectivity index (χ1v) is 7.62. The van der Waals surface area contributed by atoms with Crippen molar-refractivity contribution in [3.05, 3.63) is 48.0 Å². The molecule has 1 aromatic carbocycles. The number of halogens is 1. The molecule has 1 aliphatic rings. The summed E-state index contributed by atoms with van der Waals surface area (Å²) >= 11 is 0. The highest BCUT2D eigenvalue weighted by Crippen LogP contribution is 2.27. The summed E-state index contributed by atoms with van der Waals surface area (Å²) < 4.78 is 13.0. The van der Waals surface area contributed by atoms with Crippen LogP contribution in [-0.4, -0.2) is 23.5 Å². The lowest BCUT2D eigenvalue weighted by Gasteiger charge is -2.19. The minimum atomic E-state index is -0.290. The number of carbonyl (C=O) groups is 1. The zero-order valence-electron chi connectivity index (χ0n) is 12.3. The third-order valence-electron chi connectivity index (χ3n) is 4.42. The molecule has 22 heavy (non-hydrogen) atoms. The number of aromatic nitrogens is 1. The van der Waals surface area contributed by atoms with Crippen LogP contribution in [0.3, 0.4) is 0 Å². The van der Waals surface area contributed by atoms with E-state index in [0.717, 1.165) is 30.4 Å². The van der Waals surface area contributed by atoms with Gasteiger partial charge in [-0.15, -0.1) is 0 Å². The van der Waals surface area contributed by atoms with Crippen LogP contribution < -0.4 is 11.1 Å². The first kappa shape index (κ1) is 14.8.